The highest BCUT2D eigenvalue weighted by Gasteiger charge is 2.30. The number of aliphatic carboxylic acids is 1. The number of likely N-dealkylation sites (N-methyl/N-ethyl adjacent to an activating group) is 1. The molecule has 1 atom stereocenters. The molecule has 1 unspecified atom stereocenters. The number of hydrogen-bond donors (Lipinski definition) is 1. The molecule has 0 saturated heterocycles. The molecular formula is C15H20N2O8. The first-order valence-corrected chi connectivity index (χ1v) is 7.22. The van der Waals surface area contributed by atoms with Crippen molar-refractivity contribution in [3.05, 3.63) is 27.8 Å². The van der Waals surface area contributed by atoms with Crippen LogP contribution in [0, 0.1) is 10.1 Å². The number of carboxylic acid groups (broad SMARTS) is 1. The summed E-state index contributed by atoms with van der Waals surface area (Å²) in [7, 11) is 4.05. The van der Waals surface area contributed by atoms with Gasteiger partial charge in [-0.15, -0.1) is 0 Å². The normalized spacial score (nSPS) is 11.5. The largest absolute Gasteiger partial charge is 0.493 e. The molecule has 0 fully saturated rings. The summed E-state index contributed by atoms with van der Waals surface area (Å²) in [6.07, 6.45) is 0. The van der Waals surface area contributed by atoms with E-state index in [9.17, 15) is 19.7 Å². The van der Waals surface area contributed by atoms with Gasteiger partial charge in [0.1, 0.15) is 18.2 Å². The second-order valence-corrected chi connectivity index (χ2v) is 5.05. The van der Waals surface area contributed by atoms with Gasteiger partial charge in [0.2, 0.25) is 0 Å². The molecule has 0 saturated carbocycles. The van der Waals surface area contributed by atoms with Gasteiger partial charge in [0.25, 0.3) is 11.6 Å². The van der Waals surface area contributed by atoms with Gasteiger partial charge in [-0.25, -0.2) is 4.79 Å². The predicted octanol–water partition coefficient (Wildman–Crippen LogP) is 1.17. The SMILES string of the molecule is COCCOc1cc([N+](=O)[O-])c(C(=O)N(C)C(C)C(=O)O)cc1OC. The van der Waals surface area contributed by atoms with E-state index in [-0.39, 0.29) is 30.3 Å². The third kappa shape index (κ3) is 4.80. The number of amides is 1. The van der Waals surface area contributed by atoms with Crippen molar-refractivity contribution in [1.29, 1.82) is 0 Å². The molecule has 10 heteroatoms. The topological polar surface area (TPSA) is 128 Å². The number of nitrogens with zero attached hydrogens (tertiary/aromatic N) is 2. The minimum absolute atomic E-state index is 0.0803. The van der Waals surface area contributed by atoms with Crippen LogP contribution in [0.5, 0.6) is 11.5 Å². The maximum atomic E-state index is 12.5. The third-order valence-electron chi connectivity index (χ3n) is 3.51. The Balaban J connectivity index is 3.32. The predicted molar refractivity (Wildman–Crippen MR) is 86.2 cm³/mol. The van der Waals surface area contributed by atoms with Gasteiger partial charge in [0.15, 0.2) is 11.5 Å². The van der Waals surface area contributed by atoms with Gasteiger partial charge in [-0.3, -0.25) is 14.9 Å². The smallest absolute Gasteiger partial charge is 0.326 e. The number of nitro benzene ring substituents is 1. The van der Waals surface area contributed by atoms with E-state index in [0.29, 0.717) is 0 Å². The molecule has 1 aromatic carbocycles. The van der Waals surface area contributed by atoms with E-state index in [1.165, 1.54) is 28.2 Å². The first-order chi connectivity index (χ1) is 11.7. The Hall–Kier alpha value is -2.88. The van der Waals surface area contributed by atoms with Crippen LogP contribution in [0.3, 0.4) is 0 Å². The van der Waals surface area contributed by atoms with Crippen LogP contribution in [-0.4, -0.2) is 67.3 Å². The van der Waals surface area contributed by atoms with Crippen molar-refractivity contribution in [3.63, 3.8) is 0 Å². The minimum atomic E-state index is -1.23. The second kappa shape index (κ2) is 8.83. The summed E-state index contributed by atoms with van der Waals surface area (Å²) in [4.78, 5) is 35.0. The summed E-state index contributed by atoms with van der Waals surface area (Å²) in [6, 6.07) is 1.07. The molecule has 0 heterocycles. The fraction of sp³-hybridized carbons (Fsp3) is 0.467. The number of nitro groups is 1. The monoisotopic (exact) mass is 356 g/mol. The zero-order chi connectivity index (χ0) is 19.1. The summed E-state index contributed by atoms with van der Waals surface area (Å²) >= 11 is 0. The molecule has 0 bridgehead atoms. The number of benzene rings is 1. The van der Waals surface area contributed by atoms with Gasteiger partial charge in [-0.05, 0) is 6.92 Å². The molecule has 1 amide bonds. The van der Waals surface area contributed by atoms with Gasteiger partial charge in [-0.2, -0.15) is 0 Å². The van der Waals surface area contributed by atoms with Crippen LogP contribution in [0.15, 0.2) is 12.1 Å². The maximum Gasteiger partial charge on any atom is 0.326 e. The summed E-state index contributed by atoms with van der Waals surface area (Å²) in [6.45, 7) is 1.69. The number of methoxy groups -OCH3 is 2. The van der Waals surface area contributed by atoms with Crippen molar-refractivity contribution in [2.24, 2.45) is 0 Å². The van der Waals surface area contributed by atoms with E-state index < -0.39 is 28.5 Å². The van der Waals surface area contributed by atoms with Gasteiger partial charge < -0.3 is 24.2 Å². The van der Waals surface area contributed by atoms with Gasteiger partial charge >= 0.3 is 5.97 Å². The Kier molecular flexibility index (Phi) is 7.12. The lowest BCUT2D eigenvalue weighted by molar-refractivity contribution is -0.385. The molecule has 0 radical (unpaired) electrons. The molecule has 1 rings (SSSR count). The quantitative estimate of drug-likeness (QED) is 0.397. The van der Waals surface area contributed by atoms with Crippen molar-refractivity contribution in [2.45, 2.75) is 13.0 Å². The Morgan fingerprint density at radius 3 is 2.40 bits per heavy atom. The number of rotatable bonds is 9. The molecular weight excluding hydrogens is 336 g/mol. The molecule has 0 aliphatic rings. The Morgan fingerprint density at radius 1 is 1.28 bits per heavy atom. The fourth-order valence-electron chi connectivity index (χ4n) is 1.91. The van der Waals surface area contributed by atoms with Gasteiger partial charge in [0, 0.05) is 20.2 Å². The van der Waals surface area contributed by atoms with E-state index in [4.69, 9.17) is 19.3 Å². The van der Waals surface area contributed by atoms with E-state index in [0.717, 1.165) is 17.0 Å². The highest BCUT2D eigenvalue weighted by molar-refractivity contribution is 6.00. The molecule has 0 aliphatic carbocycles. The summed E-state index contributed by atoms with van der Waals surface area (Å²) in [5, 5.41) is 20.3. The first kappa shape index (κ1) is 20.2. The molecule has 0 aromatic heterocycles. The van der Waals surface area contributed by atoms with E-state index in [2.05, 4.69) is 0 Å². The van der Waals surface area contributed by atoms with Crippen LogP contribution < -0.4 is 9.47 Å². The summed E-state index contributed by atoms with van der Waals surface area (Å²) in [5.41, 5.74) is -0.806. The third-order valence-corrected chi connectivity index (χ3v) is 3.51. The lowest BCUT2D eigenvalue weighted by atomic mass is 10.1. The summed E-state index contributed by atoms with van der Waals surface area (Å²) in [5.74, 6) is -1.86. The summed E-state index contributed by atoms with van der Waals surface area (Å²) < 4.78 is 15.3. The lowest BCUT2D eigenvalue weighted by Gasteiger charge is -2.22. The van der Waals surface area contributed by atoms with Crippen LogP contribution in [0.4, 0.5) is 5.69 Å². The van der Waals surface area contributed by atoms with Crippen LogP contribution in [0.1, 0.15) is 17.3 Å². The van der Waals surface area contributed by atoms with Gasteiger partial charge in [-0.1, -0.05) is 0 Å². The maximum absolute atomic E-state index is 12.5. The van der Waals surface area contributed by atoms with Crippen molar-refractivity contribution < 1.29 is 33.8 Å². The molecule has 138 valence electrons. The molecule has 25 heavy (non-hydrogen) atoms. The van der Waals surface area contributed by atoms with Crippen LogP contribution in [0.2, 0.25) is 0 Å². The zero-order valence-electron chi connectivity index (χ0n) is 14.3. The molecule has 1 aromatic rings. The number of hydrogen-bond acceptors (Lipinski definition) is 7. The Morgan fingerprint density at radius 2 is 1.92 bits per heavy atom. The highest BCUT2D eigenvalue weighted by Crippen LogP contribution is 2.35. The number of ether oxygens (including phenoxy) is 3. The highest BCUT2D eigenvalue weighted by atomic mass is 16.6. The van der Waals surface area contributed by atoms with Gasteiger partial charge in [0.05, 0.1) is 24.7 Å². The molecule has 0 spiro atoms. The lowest BCUT2D eigenvalue weighted by Crippen LogP contribution is -2.40. The average molecular weight is 356 g/mol. The Bertz CT molecular complexity index is 661. The Labute approximate surface area is 144 Å². The first-order valence-electron chi connectivity index (χ1n) is 7.22. The van der Waals surface area contributed by atoms with Crippen molar-refractivity contribution in [1.82, 2.24) is 4.90 Å². The van der Waals surface area contributed by atoms with Crippen molar-refractivity contribution in [3.8, 4) is 11.5 Å². The second-order valence-electron chi connectivity index (χ2n) is 5.05. The fourth-order valence-corrected chi connectivity index (χ4v) is 1.91. The zero-order valence-corrected chi connectivity index (χ0v) is 14.3. The van der Waals surface area contributed by atoms with Crippen LogP contribution >= 0.6 is 0 Å². The van der Waals surface area contributed by atoms with Crippen molar-refractivity contribution in [2.75, 3.05) is 34.5 Å². The standard InChI is InChI=1S/C15H20N2O8/c1-9(15(19)20)16(2)14(18)10-7-12(24-4)13(25-6-5-23-3)8-11(10)17(21)22/h7-9H,5-6H2,1-4H3,(H,19,20). The molecule has 0 aliphatic heterocycles. The van der Waals surface area contributed by atoms with Crippen LogP contribution in [-0.2, 0) is 9.53 Å². The number of carbonyl (C=O) groups is 2. The molecule has 1 N–H and O–H groups in total. The average Bonchev–Trinajstić information content (AvgIpc) is 2.59. The van der Waals surface area contributed by atoms with Crippen molar-refractivity contribution >= 4 is 17.6 Å². The van der Waals surface area contributed by atoms with E-state index >= 15 is 0 Å². The molecule has 10 nitrogen and oxygen atoms in total. The number of carbonyl (C=O) groups excluding carboxylic acids is 1. The number of carboxylic acids is 1. The van der Waals surface area contributed by atoms with E-state index in [1.807, 2.05) is 0 Å². The van der Waals surface area contributed by atoms with E-state index in [1.54, 1.807) is 0 Å². The minimum Gasteiger partial charge on any atom is -0.493 e. The van der Waals surface area contributed by atoms with Crippen LogP contribution in [0.25, 0.3) is 0 Å².